The van der Waals surface area contributed by atoms with E-state index in [9.17, 15) is 4.79 Å². The molecule has 20 heavy (non-hydrogen) atoms. The Bertz CT molecular complexity index is 283. The van der Waals surface area contributed by atoms with Crippen LogP contribution in [0.2, 0.25) is 0 Å². The number of halogens is 1. The van der Waals surface area contributed by atoms with Crippen LogP contribution in [0, 0.1) is 17.8 Å². The third kappa shape index (κ3) is 5.58. The first-order valence-electron chi connectivity index (χ1n) is 7.80. The number of carbonyl (C=O) groups is 1. The lowest BCUT2D eigenvalue weighted by Gasteiger charge is -2.21. The summed E-state index contributed by atoms with van der Waals surface area (Å²) in [5, 5.41) is 6.28. The van der Waals surface area contributed by atoms with Gasteiger partial charge in [-0.25, -0.2) is 0 Å². The van der Waals surface area contributed by atoms with Crippen LogP contribution in [0.4, 0.5) is 0 Å². The van der Waals surface area contributed by atoms with E-state index in [1.165, 1.54) is 32.1 Å². The van der Waals surface area contributed by atoms with Crippen LogP contribution in [-0.2, 0) is 9.53 Å². The summed E-state index contributed by atoms with van der Waals surface area (Å²) in [4.78, 5) is 12.0. The van der Waals surface area contributed by atoms with Crippen molar-refractivity contribution in [1.29, 1.82) is 0 Å². The van der Waals surface area contributed by atoms with E-state index >= 15 is 0 Å². The first-order valence-corrected chi connectivity index (χ1v) is 7.80. The van der Waals surface area contributed by atoms with Gasteiger partial charge in [0.25, 0.3) is 0 Å². The van der Waals surface area contributed by atoms with E-state index in [-0.39, 0.29) is 18.3 Å². The van der Waals surface area contributed by atoms with Crippen molar-refractivity contribution in [3.63, 3.8) is 0 Å². The van der Waals surface area contributed by atoms with Gasteiger partial charge in [-0.3, -0.25) is 4.79 Å². The number of carbonyl (C=O) groups excluding carboxylic acids is 1. The van der Waals surface area contributed by atoms with Gasteiger partial charge in [-0.1, -0.05) is 32.1 Å². The quantitative estimate of drug-likeness (QED) is 0.674. The molecule has 2 saturated carbocycles. The van der Waals surface area contributed by atoms with Gasteiger partial charge in [0.15, 0.2) is 0 Å². The van der Waals surface area contributed by atoms with E-state index in [0.29, 0.717) is 11.8 Å². The normalized spacial score (nSPS) is 25.9. The van der Waals surface area contributed by atoms with Crippen LogP contribution in [0.15, 0.2) is 0 Å². The molecule has 2 N–H and O–H groups in total. The fourth-order valence-corrected chi connectivity index (χ4v) is 3.30. The molecule has 0 spiro atoms. The minimum Gasteiger partial charge on any atom is -0.383 e. The van der Waals surface area contributed by atoms with Crippen molar-refractivity contribution >= 4 is 18.3 Å². The number of methoxy groups -OCH3 is 1. The number of rotatable bonds is 8. The Morgan fingerprint density at radius 2 is 1.90 bits per heavy atom. The summed E-state index contributed by atoms with van der Waals surface area (Å²) in [6, 6.07) is 0. The molecule has 0 aromatic carbocycles. The highest BCUT2D eigenvalue weighted by Crippen LogP contribution is 2.49. The lowest BCUT2D eigenvalue weighted by molar-refractivity contribution is -0.122. The van der Waals surface area contributed by atoms with E-state index in [4.69, 9.17) is 4.74 Å². The topological polar surface area (TPSA) is 50.4 Å². The Morgan fingerprint density at radius 3 is 2.60 bits per heavy atom. The number of nitrogens with one attached hydrogen (secondary N) is 2. The van der Waals surface area contributed by atoms with E-state index < -0.39 is 0 Å². The first kappa shape index (κ1) is 17.7. The van der Waals surface area contributed by atoms with Crippen LogP contribution in [0.5, 0.6) is 0 Å². The van der Waals surface area contributed by atoms with E-state index in [1.54, 1.807) is 7.11 Å². The molecule has 2 aliphatic rings. The van der Waals surface area contributed by atoms with E-state index in [2.05, 4.69) is 10.6 Å². The van der Waals surface area contributed by atoms with Gasteiger partial charge in [0.2, 0.25) is 5.91 Å². The molecule has 2 aliphatic carbocycles. The Balaban J connectivity index is 0.00000200. The smallest absolute Gasteiger partial charge is 0.223 e. The molecule has 4 nitrogen and oxygen atoms in total. The van der Waals surface area contributed by atoms with Crippen molar-refractivity contribution in [2.45, 2.75) is 38.5 Å². The van der Waals surface area contributed by atoms with Gasteiger partial charge in [0.05, 0.1) is 6.61 Å². The van der Waals surface area contributed by atoms with Crippen molar-refractivity contribution in [3.8, 4) is 0 Å². The Hall–Kier alpha value is -0.320. The van der Waals surface area contributed by atoms with Crippen LogP contribution < -0.4 is 10.6 Å². The van der Waals surface area contributed by atoms with Crippen molar-refractivity contribution in [2.24, 2.45) is 17.8 Å². The summed E-state index contributed by atoms with van der Waals surface area (Å²) in [5.74, 6) is 2.14. The third-order valence-corrected chi connectivity index (χ3v) is 4.52. The molecule has 0 radical (unpaired) electrons. The van der Waals surface area contributed by atoms with Gasteiger partial charge in [-0.05, 0) is 18.3 Å². The standard InChI is InChI=1S/C15H28N2O2.ClH/c1-19-10-9-16-7-8-17-15(18)14-11-13(14)12-5-3-2-4-6-12;/h12-14,16H,2-11H2,1H3,(H,17,18);1H. The molecule has 1 amide bonds. The average Bonchev–Trinajstić information content (AvgIpc) is 3.24. The van der Waals surface area contributed by atoms with Gasteiger partial charge in [0.1, 0.15) is 0 Å². The number of hydrogen-bond donors (Lipinski definition) is 2. The van der Waals surface area contributed by atoms with Gasteiger partial charge in [-0.15, -0.1) is 12.4 Å². The maximum absolute atomic E-state index is 12.0. The lowest BCUT2D eigenvalue weighted by atomic mass is 9.85. The lowest BCUT2D eigenvalue weighted by Crippen LogP contribution is -2.34. The van der Waals surface area contributed by atoms with Gasteiger partial charge in [-0.2, -0.15) is 0 Å². The number of hydrogen-bond acceptors (Lipinski definition) is 3. The predicted octanol–water partition coefficient (Wildman–Crippen LogP) is 1.98. The Morgan fingerprint density at radius 1 is 1.15 bits per heavy atom. The second-order valence-corrected chi connectivity index (χ2v) is 5.94. The highest BCUT2D eigenvalue weighted by molar-refractivity contribution is 5.85. The summed E-state index contributed by atoms with van der Waals surface area (Å²) < 4.78 is 4.95. The van der Waals surface area contributed by atoms with Crippen LogP contribution in [0.1, 0.15) is 38.5 Å². The first-order chi connectivity index (χ1) is 9.33. The summed E-state index contributed by atoms with van der Waals surface area (Å²) in [7, 11) is 1.70. The van der Waals surface area contributed by atoms with Crippen molar-refractivity contribution in [2.75, 3.05) is 33.4 Å². The molecule has 2 fully saturated rings. The molecule has 2 atom stereocenters. The summed E-state index contributed by atoms with van der Waals surface area (Å²) in [5.41, 5.74) is 0. The predicted molar refractivity (Wildman–Crippen MR) is 83.2 cm³/mol. The summed E-state index contributed by atoms with van der Waals surface area (Å²) in [6.07, 6.45) is 7.98. The molecule has 0 heterocycles. The summed E-state index contributed by atoms with van der Waals surface area (Å²) in [6.45, 7) is 3.13. The number of ether oxygens (including phenoxy) is 1. The van der Waals surface area contributed by atoms with Crippen LogP contribution in [-0.4, -0.2) is 39.3 Å². The second kappa shape index (κ2) is 9.59. The summed E-state index contributed by atoms with van der Waals surface area (Å²) >= 11 is 0. The Kier molecular flexibility index (Phi) is 8.50. The van der Waals surface area contributed by atoms with Crippen LogP contribution in [0.25, 0.3) is 0 Å². The minimum atomic E-state index is 0. The van der Waals surface area contributed by atoms with Crippen molar-refractivity contribution in [3.05, 3.63) is 0 Å². The Labute approximate surface area is 128 Å². The fraction of sp³-hybridized carbons (Fsp3) is 0.933. The average molecular weight is 305 g/mol. The van der Waals surface area contributed by atoms with Gasteiger partial charge in [0, 0.05) is 32.7 Å². The molecule has 2 rings (SSSR count). The molecule has 0 bridgehead atoms. The molecule has 0 aromatic rings. The maximum atomic E-state index is 12.0. The van der Waals surface area contributed by atoms with Crippen molar-refractivity contribution in [1.82, 2.24) is 10.6 Å². The zero-order valence-electron chi connectivity index (χ0n) is 12.5. The molecule has 118 valence electrons. The molecular weight excluding hydrogens is 276 g/mol. The molecular formula is C15H29ClN2O2. The van der Waals surface area contributed by atoms with Crippen LogP contribution in [0.3, 0.4) is 0 Å². The molecule has 5 heteroatoms. The molecule has 2 unspecified atom stereocenters. The minimum absolute atomic E-state index is 0. The van der Waals surface area contributed by atoms with Gasteiger partial charge < -0.3 is 15.4 Å². The highest BCUT2D eigenvalue weighted by atomic mass is 35.5. The van der Waals surface area contributed by atoms with Gasteiger partial charge >= 0.3 is 0 Å². The number of amides is 1. The fourth-order valence-electron chi connectivity index (χ4n) is 3.30. The largest absolute Gasteiger partial charge is 0.383 e. The van der Waals surface area contributed by atoms with Crippen molar-refractivity contribution < 1.29 is 9.53 Å². The molecule has 0 saturated heterocycles. The van der Waals surface area contributed by atoms with E-state index in [1.807, 2.05) is 0 Å². The monoisotopic (exact) mass is 304 g/mol. The maximum Gasteiger partial charge on any atom is 0.223 e. The zero-order chi connectivity index (χ0) is 13.5. The molecule has 0 aromatic heterocycles. The second-order valence-electron chi connectivity index (χ2n) is 5.94. The highest BCUT2D eigenvalue weighted by Gasteiger charge is 2.47. The third-order valence-electron chi connectivity index (χ3n) is 4.52. The van der Waals surface area contributed by atoms with E-state index in [0.717, 1.165) is 38.6 Å². The SMILES string of the molecule is COCCNCCNC(=O)C1CC1C1CCCCC1.Cl. The zero-order valence-corrected chi connectivity index (χ0v) is 13.3. The van der Waals surface area contributed by atoms with Crippen LogP contribution >= 0.6 is 12.4 Å². The molecule has 0 aliphatic heterocycles.